The zero-order chi connectivity index (χ0) is 13.4. The summed E-state index contributed by atoms with van der Waals surface area (Å²) in [6.07, 6.45) is -0.573. The summed E-state index contributed by atoms with van der Waals surface area (Å²) in [6, 6.07) is 9.88. The Morgan fingerprint density at radius 1 is 1.22 bits per heavy atom. The maximum absolute atomic E-state index is 9.66. The van der Waals surface area contributed by atoms with Crippen LogP contribution in [0.5, 0.6) is 0 Å². The summed E-state index contributed by atoms with van der Waals surface area (Å²) in [5.41, 5.74) is 3.59. The normalized spacial score (nSPS) is 13.6. The van der Waals surface area contributed by atoms with Crippen molar-refractivity contribution in [3.63, 3.8) is 0 Å². The second kappa shape index (κ2) is 7.48. The molecule has 0 amide bonds. The van der Waals surface area contributed by atoms with Gasteiger partial charge in [-0.1, -0.05) is 30.3 Å². The lowest BCUT2D eigenvalue weighted by molar-refractivity contribution is -0.0899. The van der Waals surface area contributed by atoms with Crippen LogP contribution >= 0.6 is 0 Å². The highest BCUT2D eigenvalue weighted by atomic mass is 16.7. The maximum atomic E-state index is 9.66. The standard InChI is InChI=1S/C14H23NO3/c1-14(2,3)18-15-9-13(16)11-17-10-12-7-5-4-6-8-12/h4-8,13,15-16H,9-11H2,1-3H3. The van der Waals surface area contributed by atoms with Gasteiger partial charge in [0.05, 0.1) is 24.9 Å². The Kier molecular flexibility index (Phi) is 6.29. The maximum Gasteiger partial charge on any atom is 0.0921 e. The highest BCUT2D eigenvalue weighted by Crippen LogP contribution is 2.04. The van der Waals surface area contributed by atoms with Gasteiger partial charge in [-0.15, -0.1) is 0 Å². The minimum atomic E-state index is -0.573. The summed E-state index contributed by atoms with van der Waals surface area (Å²) in [4.78, 5) is 5.30. The quantitative estimate of drug-likeness (QED) is 0.729. The molecule has 0 spiro atoms. The molecule has 0 aliphatic carbocycles. The molecule has 102 valence electrons. The van der Waals surface area contributed by atoms with E-state index < -0.39 is 6.10 Å². The Hall–Kier alpha value is -0.940. The number of hydrogen-bond donors (Lipinski definition) is 2. The Labute approximate surface area is 109 Å². The van der Waals surface area contributed by atoms with Crippen LogP contribution in [0.2, 0.25) is 0 Å². The molecular weight excluding hydrogens is 230 g/mol. The van der Waals surface area contributed by atoms with Crippen molar-refractivity contribution in [3.05, 3.63) is 35.9 Å². The molecule has 1 atom stereocenters. The molecule has 18 heavy (non-hydrogen) atoms. The highest BCUT2D eigenvalue weighted by Gasteiger charge is 2.11. The van der Waals surface area contributed by atoms with Crippen LogP contribution in [0, 0.1) is 0 Å². The molecule has 4 nitrogen and oxygen atoms in total. The summed E-state index contributed by atoms with van der Waals surface area (Å²) in [7, 11) is 0. The number of ether oxygens (including phenoxy) is 1. The molecule has 0 aliphatic heterocycles. The first-order chi connectivity index (χ1) is 8.47. The van der Waals surface area contributed by atoms with Crippen LogP contribution in [0.1, 0.15) is 26.3 Å². The largest absolute Gasteiger partial charge is 0.389 e. The van der Waals surface area contributed by atoms with Crippen LogP contribution in [0.25, 0.3) is 0 Å². The molecule has 0 aliphatic rings. The van der Waals surface area contributed by atoms with Gasteiger partial charge in [0, 0.05) is 6.54 Å². The van der Waals surface area contributed by atoms with Crippen molar-refractivity contribution >= 4 is 0 Å². The summed E-state index contributed by atoms with van der Waals surface area (Å²) in [5.74, 6) is 0. The topological polar surface area (TPSA) is 50.7 Å². The fraction of sp³-hybridized carbons (Fsp3) is 0.571. The number of benzene rings is 1. The van der Waals surface area contributed by atoms with Crippen LogP contribution < -0.4 is 5.48 Å². The van der Waals surface area contributed by atoms with E-state index in [4.69, 9.17) is 9.57 Å². The Morgan fingerprint density at radius 3 is 2.50 bits per heavy atom. The number of aliphatic hydroxyl groups excluding tert-OH is 1. The average molecular weight is 253 g/mol. The van der Waals surface area contributed by atoms with Crippen LogP contribution in [-0.2, 0) is 16.2 Å². The van der Waals surface area contributed by atoms with Gasteiger partial charge in [-0.3, -0.25) is 4.84 Å². The van der Waals surface area contributed by atoms with Crippen molar-refractivity contribution in [3.8, 4) is 0 Å². The van der Waals surface area contributed by atoms with E-state index in [0.717, 1.165) is 5.56 Å². The molecule has 1 unspecified atom stereocenters. The molecule has 4 heteroatoms. The molecule has 0 aromatic heterocycles. The lowest BCUT2D eigenvalue weighted by atomic mass is 10.2. The van der Waals surface area contributed by atoms with Gasteiger partial charge < -0.3 is 9.84 Å². The van der Waals surface area contributed by atoms with E-state index in [2.05, 4.69) is 5.48 Å². The monoisotopic (exact) mass is 253 g/mol. The number of hydroxylamine groups is 1. The van der Waals surface area contributed by atoms with Crippen LogP contribution in [0.15, 0.2) is 30.3 Å². The fourth-order valence-electron chi connectivity index (χ4n) is 1.30. The highest BCUT2D eigenvalue weighted by molar-refractivity contribution is 5.13. The molecule has 0 bridgehead atoms. The van der Waals surface area contributed by atoms with Gasteiger partial charge in [-0.2, -0.15) is 5.48 Å². The van der Waals surface area contributed by atoms with E-state index in [1.54, 1.807) is 0 Å². The van der Waals surface area contributed by atoms with E-state index >= 15 is 0 Å². The molecule has 0 radical (unpaired) electrons. The first-order valence-corrected chi connectivity index (χ1v) is 6.18. The third kappa shape index (κ3) is 7.40. The van der Waals surface area contributed by atoms with Crippen molar-refractivity contribution < 1.29 is 14.7 Å². The molecular formula is C14H23NO3. The second-order valence-electron chi connectivity index (χ2n) is 5.22. The van der Waals surface area contributed by atoms with E-state index in [9.17, 15) is 5.11 Å². The van der Waals surface area contributed by atoms with Crippen molar-refractivity contribution in [2.24, 2.45) is 0 Å². The molecule has 0 saturated carbocycles. The first kappa shape index (κ1) is 15.1. The lowest BCUT2D eigenvalue weighted by Crippen LogP contribution is -2.36. The summed E-state index contributed by atoms with van der Waals surface area (Å²) in [6.45, 7) is 6.98. The number of hydrogen-bond acceptors (Lipinski definition) is 4. The molecule has 1 aromatic carbocycles. The first-order valence-electron chi connectivity index (χ1n) is 6.18. The number of rotatable bonds is 7. The molecule has 2 N–H and O–H groups in total. The SMILES string of the molecule is CC(C)(C)ONCC(O)COCc1ccccc1. The average Bonchev–Trinajstić information content (AvgIpc) is 2.28. The molecule has 0 heterocycles. The minimum Gasteiger partial charge on any atom is -0.389 e. The molecule has 1 aromatic rings. The van der Waals surface area contributed by atoms with Crippen molar-refractivity contribution in [2.75, 3.05) is 13.2 Å². The Balaban J connectivity index is 2.09. The van der Waals surface area contributed by atoms with E-state index in [1.165, 1.54) is 0 Å². The van der Waals surface area contributed by atoms with E-state index in [0.29, 0.717) is 13.2 Å². The molecule has 0 saturated heterocycles. The van der Waals surface area contributed by atoms with Gasteiger partial charge in [0.1, 0.15) is 0 Å². The smallest absolute Gasteiger partial charge is 0.0921 e. The third-order valence-corrected chi connectivity index (χ3v) is 2.12. The predicted molar refractivity (Wildman–Crippen MR) is 70.9 cm³/mol. The lowest BCUT2D eigenvalue weighted by Gasteiger charge is -2.20. The summed E-state index contributed by atoms with van der Waals surface area (Å²) >= 11 is 0. The predicted octanol–water partition coefficient (Wildman–Crippen LogP) is 1.88. The Bertz CT molecular complexity index is 322. The summed E-state index contributed by atoms with van der Waals surface area (Å²) in [5, 5.41) is 9.66. The molecule has 1 rings (SSSR count). The fourth-order valence-corrected chi connectivity index (χ4v) is 1.30. The number of nitrogens with one attached hydrogen (secondary N) is 1. The van der Waals surface area contributed by atoms with Gasteiger partial charge in [-0.05, 0) is 26.3 Å². The van der Waals surface area contributed by atoms with Crippen LogP contribution in [0.4, 0.5) is 0 Å². The minimum absolute atomic E-state index is 0.259. The van der Waals surface area contributed by atoms with Crippen molar-refractivity contribution in [1.82, 2.24) is 5.48 Å². The molecule has 0 fully saturated rings. The zero-order valence-electron chi connectivity index (χ0n) is 11.3. The van der Waals surface area contributed by atoms with Gasteiger partial charge in [0.25, 0.3) is 0 Å². The van der Waals surface area contributed by atoms with Gasteiger partial charge in [-0.25, -0.2) is 0 Å². The zero-order valence-corrected chi connectivity index (χ0v) is 11.3. The van der Waals surface area contributed by atoms with Crippen LogP contribution in [-0.4, -0.2) is 30.0 Å². The van der Waals surface area contributed by atoms with Crippen LogP contribution in [0.3, 0.4) is 0 Å². The van der Waals surface area contributed by atoms with Crippen molar-refractivity contribution in [2.45, 2.75) is 39.1 Å². The van der Waals surface area contributed by atoms with E-state index in [-0.39, 0.29) is 12.2 Å². The van der Waals surface area contributed by atoms with Gasteiger partial charge in [0.15, 0.2) is 0 Å². The van der Waals surface area contributed by atoms with Crippen molar-refractivity contribution in [1.29, 1.82) is 0 Å². The van der Waals surface area contributed by atoms with Gasteiger partial charge >= 0.3 is 0 Å². The van der Waals surface area contributed by atoms with E-state index in [1.807, 2.05) is 51.1 Å². The third-order valence-electron chi connectivity index (χ3n) is 2.12. The van der Waals surface area contributed by atoms with Gasteiger partial charge in [0.2, 0.25) is 0 Å². The number of aliphatic hydroxyl groups is 1. The summed E-state index contributed by atoms with van der Waals surface area (Å²) < 4.78 is 5.42. The Morgan fingerprint density at radius 2 is 1.89 bits per heavy atom. The second-order valence-corrected chi connectivity index (χ2v) is 5.22.